The predicted molar refractivity (Wildman–Crippen MR) is 137 cm³/mol. The molecule has 2 aliphatic rings. The first-order valence-corrected chi connectivity index (χ1v) is 12.9. The molecule has 0 unspecified atom stereocenters. The average molecular weight is 560 g/mol. The summed E-state index contributed by atoms with van der Waals surface area (Å²) in [6, 6.07) is 12.7. The highest BCUT2D eigenvalue weighted by atomic mass is 32.1. The van der Waals surface area contributed by atoms with Gasteiger partial charge in [0.05, 0.1) is 28.8 Å². The fourth-order valence-electron chi connectivity index (χ4n) is 4.39. The van der Waals surface area contributed by atoms with Gasteiger partial charge < -0.3 is 19.1 Å². The highest BCUT2D eigenvalue weighted by Gasteiger charge is 2.36. The van der Waals surface area contributed by atoms with Crippen molar-refractivity contribution in [2.75, 3.05) is 33.6 Å². The third-order valence-corrected chi connectivity index (χ3v) is 7.31. The molecular weight excluding hydrogens is 535 g/mol. The van der Waals surface area contributed by atoms with E-state index < -0.39 is 29.6 Å². The molecule has 12 heteroatoms. The van der Waals surface area contributed by atoms with Gasteiger partial charge in [-0.3, -0.25) is 9.59 Å². The molecule has 3 heterocycles. The lowest BCUT2D eigenvalue weighted by Gasteiger charge is -2.27. The Labute approximate surface area is 226 Å². The number of benzene rings is 2. The molecule has 204 valence electrons. The Kier molecular flexibility index (Phi) is 7.58. The third kappa shape index (κ3) is 5.76. The number of rotatable bonds is 8. The number of nitrogens with zero attached hydrogens (tertiary/aromatic N) is 3. The molecule has 0 bridgehead atoms. The largest absolute Gasteiger partial charge is 0.454 e. The van der Waals surface area contributed by atoms with Crippen LogP contribution in [0.3, 0.4) is 0 Å². The Morgan fingerprint density at radius 1 is 1.13 bits per heavy atom. The first kappa shape index (κ1) is 26.7. The molecule has 2 amide bonds. The summed E-state index contributed by atoms with van der Waals surface area (Å²) in [5, 5.41) is 7.92. The lowest BCUT2D eigenvalue weighted by molar-refractivity contribution is -0.137. The topological polar surface area (TPSA) is 80.7 Å². The molecule has 0 saturated heterocycles. The Bertz CT molecular complexity index is 1380. The molecule has 0 spiro atoms. The molecule has 1 atom stereocenters. The van der Waals surface area contributed by atoms with Crippen LogP contribution >= 0.6 is 11.3 Å². The van der Waals surface area contributed by atoms with Crippen LogP contribution in [0.4, 0.5) is 13.2 Å². The molecule has 0 N–H and O–H groups in total. The SMILES string of the molecule is COCCN(CC(=O)N1N=C(c2cccs2)C[C@H]1c1ccc2c(c1)OCO2)C(=O)c1ccc(C(F)(F)F)cc1. The van der Waals surface area contributed by atoms with Crippen LogP contribution in [0.1, 0.15) is 38.8 Å². The molecule has 3 aromatic rings. The van der Waals surface area contributed by atoms with Gasteiger partial charge in [-0.2, -0.15) is 18.3 Å². The molecule has 1 aromatic heterocycles. The van der Waals surface area contributed by atoms with Crippen LogP contribution in [0.2, 0.25) is 0 Å². The lowest BCUT2D eigenvalue weighted by atomic mass is 10.0. The van der Waals surface area contributed by atoms with E-state index in [-0.39, 0.29) is 32.1 Å². The summed E-state index contributed by atoms with van der Waals surface area (Å²) < 4.78 is 55.0. The third-order valence-electron chi connectivity index (χ3n) is 6.39. The Hall–Kier alpha value is -3.90. The number of amides is 2. The quantitative estimate of drug-likeness (QED) is 0.390. The van der Waals surface area contributed by atoms with Gasteiger partial charge in [-0.05, 0) is 53.4 Å². The van der Waals surface area contributed by atoms with Crippen molar-refractivity contribution in [3.63, 3.8) is 0 Å². The van der Waals surface area contributed by atoms with Gasteiger partial charge in [0.25, 0.3) is 11.8 Å². The van der Waals surface area contributed by atoms with E-state index in [1.807, 2.05) is 29.6 Å². The number of hydrogen-bond donors (Lipinski definition) is 0. The van der Waals surface area contributed by atoms with E-state index in [1.54, 1.807) is 6.07 Å². The van der Waals surface area contributed by atoms with E-state index in [9.17, 15) is 22.8 Å². The molecule has 2 aliphatic heterocycles. The standard InChI is InChI=1S/C27H24F3N3O5S/c1-36-11-10-32(26(35)17-4-7-19(8-5-17)27(28,29)30)15-25(34)33-21(14-20(31-33)24-3-2-12-39-24)18-6-9-22-23(13-18)38-16-37-22/h2-9,12-13,21H,10-11,14-16H2,1H3/t21-/m0/s1. The summed E-state index contributed by atoms with van der Waals surface area (Å²) in [6.45, 7) is -0.0316. The number of ether oxygens (including phenoxy) is 3. The normalized spacial score (nSPS) is 16.4. The first-order valence-electron chi connectivity index (χ1n) is 12.0. The number of fused-ring (bicyclic) bond motifs is 1. The van der Waals surface area contributed by atoms with Gasteiger partial charge in [-0.25, -0.2) is 5.01 Å². The van der Waals surface area contributed by atoms with Gasteiger partial charge >= 0.3 is 6.18 Å². The molecule has 2 aromatic carbocycles. The summed E-state index contributed by atoms with van der Waals surface area (Å²) in [6.07, 6.45) is -4.07. The van der Waals surface area contributed by atoms with Gasteiger partial charge in [0.2, 0.25) is 6.79 Å². The smallest absolute Gasteiger partial charge is 0.416 e. The minimum absolute atomic E-state index is 0.0309. The second-order valence-electron chi connectivity index (χ2n) is 8.89. The second-order valence-corrected chi connectivity index (χ2v) is 9.84. The van der Waals surface area contributed by atoms with E-state index >= 15 is 0 Å². The van der Waals surface area contributed by atoms with Crippen molar-refractivity contribution in [3.8, 4) is 11.5 Å². The van der Waals surface area contributed by atoms with Crippen molar-refractivity contribution in [1.82, 2.24) is 9.91 Å². The van der Waals surface area contributed by atoms with Gasteiger partial charge in [0.1, 0.15) is 6.54 Å². The fourth-order valence-corrected chi connectivity index (χ4v) is 5.11. The summed E-state index contributed by atoms with van der Waals surface area (Å²) >= 11 is 1.51. The van der Waals surface area contributed by atoms with E-state index in [2.05, 4.69) is 5.10 Å². The predicted octanol–water partition coefficient (Wildman–Crippen LogP) is 4.96. The lowest BCUT2D eigenvalue weighted by Crippen LogP contribution is -2.42. The van der Waals surface area contributed by atoms with Crippen LogP contribution in [0, 0.1) is 0 Å². The van der Waals surface area contributed by atoms with Crippen molar-refractivity contribution in [1.29, 1.82) is 0 Å². The monoisotopic (exact) mass is 559 g/mol. The van der Waals surface area contributed by atoms with Crippen molar-refractivity contribution < 1.29 is 37.0 Å². The second kappa shape index (κ2) is 11.1. The van der Waals surface area contributed by atoms with Gasteiger partial charge in [0.15, 0.2) is 11.5 Å². The molecule has 0 fully saturated rings. The number of hydrogen-bond acceptors (Lipinski definition) is 7. The number of carbonyl (C=O) groups excluding carboxylic acids is 2. The highest BCUT2D eigenvalue weighted by Crippen LogP contribution is 2.39. The van der Waals surface area contributed by atoms with Crippen molar-refractivity contribution in [2.24, 2.45) is 5.10 Å². The summed E-state index contributed by atoms with van der Waals surface area (Å²) in [5.41, 5.74) is 0.694. The minimum Gasteiger partial charge on any atom is -0.454 e. The average Bonchev–Trinajstić information content (AvgIpc) is 3.70. The Morgan fingerprint density at radius 3 is 2.59 bits per heavy atom. The first-order chi connectivity index (χ1) is 18.7. The van der Waals surface area contributed by atoms with Crippen molar-refractivity contribution in [2.45, 2.75) is 18.6 Å². The van der Waals surface area contributed by atoms with Crippen LogP contribution in [-0.2, 0) is 15.7 Å². The van der Waals surface area contributed by atoms with E-state index in [0.29, 0.717) is 17.9 Å². The Balaban J connectivity index is 1.40. The molecule has 39 heavy (non-hydrogen) atoms. The summed E-state index contributed by atoms with van der Waals surface area (Å²) in [7, 11) is 1.45. The number of methoxy groups -OCH3 is 1. The van der Waals surface area contributed by atoms with Crippen LogP contribution in [-0.4, -0.2) is 61.0 Å². The fraction of sp³-hybridized carbons (Fsp3) is 0.296. The Morgan fingerprint density at radius 2 is 1.90 bits per heavy atom. The number of thiophene rings is 1. The molecular formula is C27H24F3N3O5S. The molecule has 0 radical (unpaired) electrons. The number of halogens is 3. The highest BCUT2D eigenvalue weighted by molar-refractivity contribution is 7.12. The van der Waals surface area contributed by atoms with Crippen LogP contribution in [0.5, 0.6) is 11.5 Å². The molecule has 0 saturated carbocycles. The van der Waals surface area contributed by atoms with Gasteiger partial charge in [-0.15, -0.1) is 11.3 Å². The van der Waals surface area contributed by atoms with Crippen molar-refractivity contribution >= 4 is 28.9 Å². The number of hydrazone groups is 1. The molecule has 0 aliphatic carbocycles. The van der Waals surface area contributed by atoms with E-state index in [0.717, 1.165) is 40.4 Å². The van der Waals surface area contributed by atoms with Gasteiger partial charge in [0, 0.05) is 25.6 Å². The summed E-state index contributed by atoms with van der Waals surface area (Å²) in [4.78, 5) is 29.1. The van der Waals surface area contributed by atoms with Crippen LogP contribution in [0.15, 0.2) is 65.1 Å². The van der Waals surface area contributed by atoms with Crippen LogP contribution < -0.4 is 9.47 Å². The molecule has 8 nitrogen and oxygen atoms in total. The maximum absolute atomic E-state index is 13.7. The van der Waals surface area contributed by atoms with E-state index in [4.69, 9.17) is 14.2 Å². The zero-order valence-corrected chi connectivity index (χ0v) is 21.6. The molecule has 5 rings (SSSR count). The van der Waals surface area contributed by atoms with Crippen molar-refractivity contribution in [3.05, 3.63) is 81.5 Å². The number of carbonyl (C=O) groups is 2. The zero-order valence-electron chi connectivity index (χ0n) is 20.8. The minimum atomic E-state index is -4.52. The zero-order chi connectivity index (χ0) is 27.6. The maximum atomic E-state index is 13.7. The summed E-state index contributed by atoms with van der Waals surface area (Å²) in [5.74, 6) is 0.154. The number of alkyl halides is 3. The van der Waals surface area contributed by atoms with E-state index in [1.165, 1.54) is 28.4 Å². The van der Waals surface area contributed by atoms with Gasteiger partial charge in [-0.1, -0.05) is 12.1 Å². The maximum Gasteiger partial charge on any atom is 0.416 e. The van der Waals surface area contributed by atoms with Crippen LogP contribution in [0.25, 0.3) is 0 Å².